The van der Waals surface area contributed by atoms with E-state index in [0.29, 0.717) is 14.6 Å². The number of esters is 2. The lowest BCUT2D eigenvalue weighted by Gasteiger charge is -2.12. The molecule has 0 fully saturated rings. The van der Waals surface area contributed by atoms with Gasteiger partial charge >= 0.3 is 11.9 Å². The van der Waals surface area contributed by atoms with Crippen LogP contribution in [0.3, 0.4) is 0 Å². The summed E-state index contributed by atoms with van der Waals surface area (Å²) in [7, 11) is 2.83. The van der Waals surface area contributed by atoms with Crippen LogP contribution in [0.4, 0.5) is 0 Å². The molecule has 12 nitrogen and oxygen atoms in total. The summed E-state index contributed by atoms with van der Waals surface area (Å²) in [5.41, 5.74) is 0.294. The predicted molar refractivity (Wildman–Crippen MR) is 161 cm³/mol. The van der Waals surface area contributed by atoms with Crippen LogP contribution < -0.4 is 9.47 Å². The Morgan fingerprint density at radius 1 is 0.756 bits per heavy atom. The number of nitrogens with zero attached hydrogens (tertiary/aromatic N) is 4. The topological polar surface area (TPSA) is 157 Å². The molecule has 2 aromatic rings. The lowest BCUT2D eigenvalue weighted by molar-refractivity contribution is -0.142. The van der Waals surface area contributed by atoms with Crippen molar-refractivity contribution in [2.75, 3.05) is 52.5 Å². The zero-order chi connectivity index (χ0) is 30.9. The summed E-state index contributed by atoms with van der Waals surface area (Å²) >= 11 is 5.29. The van der Waals surface area contributed by atoms with Crippen molar-refractivity contribution in [3.05, 3.63) is 33.3 Å². The summed E-state index contributed by atoms with van der Waals surface area (Å²) in [5, 5.41) is 0.981. The van der Waals surface area contributed by atoms with E-state index in [2.05, 4.69) is 19.9 Å². The summed E-state index contributed by atoms with van der Waals surface area (Å²) in [5.74, 6) is -1.85. The van der Waals surface area contributed by atoms with Gasteiger partial charge in [0.25, 0.3) is 0 Å². The van der Waals surface area contributed by atoms with Crippen molar-refractivity contribution >= 4 is 70.6 Å². The van der Waals surface area contributed by atoms with E-state index in [1.807, 2.05) is 12.5 Å². The Morgan fingerprint density at radius 3 is 1.68 bits per heavy atom. The second-order valence-electron chi connectivity index (χ2n) is 7.08. The molecule has 0 aliphatic rings. The number of hydrogen-bond donors (Lipinski definition) is 0. The van der Waals surface area contributed by atoms with E-state index in [-0.39, 0.29) is 48.1 Å². The summed E-state index contributed by atoms with van der Waals surface area (Å²) in [4.78, 5) is 64.4. The van der Waals surface area contributed by atoms with E-state index in [1.54, 1.807) is 26.4 Å². The molecule has 0 saturated carbocycles. The van der Waals surface area contributed by atoms with E-state index in [0.717, 1.165) is 0 Å². The third kappa shape index (κ3) is 10.8. The van der Waals surface area contributed by atoms with E-state index >= 15 is 0 Å². The van der Waals surface area contributed by atoms with Crippen molar-refractivity contribution in [3.8, 4) is 11.8 Å². The molecule has 0 aromatic carbocycles. The van der Waals surface area contributed by atoms with Crippen LogP contribution in [0.25, 0.3) is 0 Å². The number of thioether (sulfide) groups is 4. The second-order valence-corrected chi connectivity index (χ2v) is 10.5. The van der Waals surface area contributed by atoms with Crippen LogP contribution in [0.1, 0.15) is 41.0 Å². The van der Waals surface area contributed by atoms with Crippen LogP contribution in [0.5, 0.6) is 11.8 Å². The van der Waals surface area contributed by atoms with Crippen LogP contribution in [0.15, 0.2) is 32.5 Å². The minimum atomic E-state index is -0.660. The van der Waals surface area contributed by atoms with Crippen LogP contribution in [0.2, 0.25) is 0 Å². The average molecular weight is 645 g/mol. The number of rotatable bonds is 14. The fraction of sp³-hybridized carbons (Fsp3) is 0.440. The predicted octanol–water partition coefficient (Wildman–Crippen LogP) is 4.23. The maximum atomic E-state index is 12.8. The minimum absolute atomic E-state index is 0.0225. The molecule has 2 aromatic heterocycles. The zero-order valence-electron chi connectivity index (χ0n) is 24.0. The monoisotopic (exact) mass is 644 g/mol. The van der Waals surface area contributed by atoms with Gasteiger partial charge in [-0.1, -0.05) is 23.5 Å². The number of methoxy groups -OCH3 is 2. The maximum Gasteiger partial charge on any atom is 0.343 e. The Labute approximate surface area is 255 Å². The van der Waals surface area contributed by atoms with Gasteiger partial charge in [-0.3, -0.25) is 14.4 Å². The number of ketones is 2. The fourth-order valence-corrected chi connectivity index (χ4v) is 4.98. The smallest absolute Gasteiger partial charge is 0.343 e. The molecular weight excluding hydrogens is 613 g/mol. The molecule has 0 aliphatic heterocycles. The molecule has 2 heterocycles. The third-order valence-electron chi connectivity index (χ3n) is 4.65. The lowest BCUT2D eigenvalue weighted by Crippen LogP contribution is -2.19. The van der Waals surface area contributed by atoms with Crippen LogP contribution >= 0.6 is 47.0 Å². The molecule has 41 heavy (non-hydrogen) atoms. The standard InChI is InChI=1S/C14H18N2O4S3.C11H14N2O4S/c1-6-20-12(18)9(13(21-3)22-4)10(17)8-7-15-14(23-5)16-11(8)19-2;1-4-17-9(15)5-8(14)7-6-12-11(18-3)13-10(7)16-2/h7H,6H2,1-5H3;6H,4-5H2,1-3H3. The highest BCUT2D eigenvalue weighted by Crippen LogP contribution is 2.32. The normalized spacial score (nSPS) is 10.0. The number of hydrogen-bond acceptors (Lipinski definition) is 16. The van der Waals surface area contributed by atoms with Gasteiger partial charge in [-0.15, -0.1) is 23.5 Å². The highest BCUT2D eigenvalue weighted by Gasteiger charge is 2.29. The quantitative estimate of drug-likeness (QED) is 0.0547. The number of carbonyl (C=O) groups excluding carboxylic acids is 4. The Hall–Kier alpha value is -2.82. The molecule has 0 bridgehead atoms. The Bertz CT molecular complexity index is 1250. The molecular formula is C25H32N4O8S4. The van der Waals surface area contributed by atoms with Crippen LogP contribution in [-0.2, 0) is 19.1 Å². The second kappa shape index (κ2) is 19.3. The molecule has 16 heteroatoms. The van der Waals surface area contributed by atoms with Crippen LogP contribution in [0, 0.1) is 0 Å². The molecule has 0 radical (unpaired) electrons. The van der Waals surface area contributed by atoms with Gasteiger partial charge < -0.3 is 18.9 Å². The maximum absolute atomic E-state index is 12.8. The first-order chi connectivity index (χ1) is 19.6. The van der Waals surface area contributed by atoms with Gasteiger partial charge in [0.05, 0.1) is 37.2 Å². The van der Waals surface area contributed by atoms with Crippen molar-refractivity contribution in [2.24, 2.45) is 0 Å². The molecule has 0 unspecified atom stereocenters. The van der Waals surface area contributed by atoms with Gasteiger partial charge in [0.1, 0.15) is 17.6 Å². The van der Waals surface area contributed by atoms with Crippen molar-refractivity contribution in [3.63, 3.8) is 0 Å². The molecule has 0 amide bonds. The molecule has 224 valence electrons. The molecule has 2 rings (SSSR count). The highest BCUT2D eigenvalue weighted by atomic mass is 32.2. The van der Waals surface area contributed by atoms with E-state index in [4.69, 9.17) is 18.9 Å². The Kier molecular flexibility index (Phi) is 17.1. The van der Waals surface area contributed by atoms with E-state index in [9.17, 15) is 19.2 Å². The number of aromatic nitrogens is 4. The van der Waals surface area contributed by atoms with Crippen molar-refractivity contribution < 1.29 is 38.1 Å². The zero-order valence-corrected chi connectivity index (χ0v) is 27.2. The molecule has 0 saturated heterocycles. The van der Waals surface area contributed by atoms with Gasteiger partial charge in [-0.05, 0) is 38.9 Å². The largest absolute Gasteiger partial charge is 0.480 e. The summed E-state index contributed by atoms with van der Waals surface area (Å²) in [6.07, 6.45) is 9.61. The Balaban J connectivity index is 0.000000422. The van der Waals surface area contributed by atoms with Crippen LogP contribution in [-0.4, -0.2) is 95.9 Å². The number of ether oxygens (including phenoxy) is 4. The first-order valence-electron chi connectivity index (χ1n) is 11.8. The Morgan fingerprint density at radius 2 is 1.24 bits per heavy atom. The van der Waals surface area contributed by atoms with Crippen molar-refractivity contribution in [1.29, 1.82) is 0 Å². The van der Waals surface area contributed by atoms with Gasteiger partial charge in [0.2, 0.25) is 17.5 Å². The van der Waals surface area contributed by atoms with E-state index in [1.165, 1.54) is 73.7 Å². The molecule has 0 aliphatic carbocycles. The van der Waals surface area contributed by atoms with Gasteiger partial charge in [0.15, 0.2) is 16.1 Å². The van der Waals surface area contributed by atoms with Gasteiger partial charge in [0, 0.05) is 12.4 Å². The van der Waals surface area contributed by atoms with E-state index < -0.39 is 23.5 Å². The molecule has 0 N–H and O–H groups in total. The first kappa shape index (κ1) is 36.2. The summed E-state index contributed by atoms with van der Waals surface area (Å²) in [6, 6.07) is 0. The number of carbonyl (C=O) groups is 4. The molecule has 0 spiro atoms. The van der Waals surface area contributed by atoms with Crippen molar-refractivity contribution in [1.82, 2.24) is 19.9 Å². The summed E-state index contributed by atoms with van der Waals surface area (Å²) in [6.45, 7) is 3.80. The van der Waals surface area contributed by atoms with Gasteiger partial charge in [-0.25, -0.2) is 14.8 Å². The SMILES string of the molecule is CCOC(=O)C(C(=O)c1cnc(SC)nc1OC)=C(SC)SC.CCOC(=O)CC(=O)c1cnc(SC)nc1OC. The fourth-order valence-electron chi connectivity index (χ4n) is 2.89. The lowest BCUT2D eigenvalue weighted by atomic mass is 10.1. The van der Waals surface area contributed by atoms with Gasteiger partial charge in [-0.2, -0.15) is 9.97 Å². The first-order valence-corrected chi connectivity index (χ1v) is 16.7. The highest BCUT2D eigenvalue weighted by molar-refractivity contribution is 8.21. The number of Topliss-reactive ketones (excluding diaryl/α,β-unsaturated/α-hetero) is 2. The molecule has 0 atom stereocenters. The van der Waals surface area contributed by atoms with Crippen molar-refractivity contribution in [2.45, 2.75) is 30.6 Å². The summed E-state index contributed by atoms with van der Waals surface area (Å²) < 4.78 is 20.5. The minimum Gasteiger partial charge on any atom is -0.480 e. The third-order valence-corrected chi connectivity index (χ3v) is 7.93. The average Bonchev–Trinajstić information content (AvgIpc) is 2.99.